The normalized spacial score (nSPS) is 12.5. The van der Waals surface area contributed by atoms with Crippen LogP contribution in [0.3, 0.4) is 0 Å². The smallest absolute Gasteiger partial charge is 0.340 e. The van der Waals surface area contributed by atoms with Crippen LogP contribution in [0.5, 0.6) is 0 Å². The number of hydrogen-bond acceptors (Lipinski definition) is 3. The van der Waals surface area contributed by atoms with Gasteiger partial charge >= 0.3 is 5.97 Å². The van der Waals surface area contributed by atoms with Gasteiger partial charge in [0.2, 0.25) is 0 Å². The molecular formula is C16H24FNO2. The van der Waals surface area contributed by atoms with Crippen molar-refractivity contribution in [3.05, 3.63) is 35.1 Å². The summed E-state index contributed by atoms with van der Waals surface area (Å²) in [5.74, 6) is -0.491. The summed E-state index contributed by atoms with van der Waals surface area (Å²) in [5, 5.41) is 3.36. The molecule has 1 N–H and O–H groups in total. The van der Waals surface area contributed by atoms with Crippen LogP contribution in [0.25, 0.3) is 0 Å². The molecular weight excluding hydrogens is 257 g/mol. The Bertz CT molecular complexity index is 446. The summed E-state index contributed by atoms with van der Waals surface area (Å²) in [6, 6.07) is 4.99. The maximum absolute atomic E-state index is 13.7. The summed E-state index contributed by atoms with van der Waals surface area (Å²) in [6.07, 6.45) is 2.27. The van der Waals surface area contributed by atoms with Gasteiger partial charge in [-0.1, -0.05) is 19.9 Å². The summed E-state index contributed by atoms with van der Waals surface area (Å²) in [6.45, 7) is 7.13. The lowest BCUT2D eigenvalue weighted by Crippen LogP contribution is -2.25. The van der Waals surface area contributed by atoms with Crippen LogP contribution in [-0.4, -0.2) is 19.1 Å². The van der Waals surface area contributed by atoms with E-state index in [1.807, 2.05) is 0 Å². The van der Waals surface area contributed by atoms with Crippen LogP contribution in [0.4, 0.5) is 4.39 Å². The van der Waals surface area contributed by atoms with Crippen LogP contribution in [0.1, 0.15) is 49.5 Å². The summed E-state index contributed by atoms with van der Waals surface area (Å²) in [5.41, 5.74) is 0.802. The van der Waals surface area contributed by atoms with Gasteiger partial charge in [0.05, 0.1) is 12.7 Å². The number of benzene rings is 1. The predicted octanol–water partition coefficient (Wildman–Crippen LogP) is 3.53. The number of hydrogen-bond donors (Lipinski definition) is 1. The second-order valence-corrected chi connectivity index (χ2v) is 5.56. The maximum atomic E-state index is 13.7. The van der Waals surface area contributed by atoms with Gasteiger partial charge in [0.1, 0.15) is 5.82 Å². The molecule has 0 bridgehead atoms. The molecule has 0 aromatic heterocycles. The van der Waals surface area contributed by atoms with Gasteiger partial charge in [0.25, 0.3) is 0 Å². The minimum atomic E-state index is -0.646. The third kappa shape index (κ3) is 5.29. The van der Waals surface area contributed by atoms with Gasteiger partial charge in [0, 0.05) is 12.6 Å². The molecule has 0 fully saturated rings. The van der Waals surface area contributed by atoms with E-state index in [-0.39, 0.29) is 5.56 Å². The van der Waals surface area contributed by atoms with E-state index in [9.17, 15) is 9.18 Å². The molecule has 0 amide bonds. The van der Waals surface area contributed by atoms with E-state index in [2.05, 4.69) is 30.8 Å². The number of rotatable bonds is 7. The van der Waals surface area contributed by atoms with Crippen molar-refractivity contribution < 1.29 is 13.9 Å². The molecule has 20 heavy (non-hydrogen) atoms. The van der Waals surface area contributed by atoms with Crippen molar-refractivity contribution in [1.29, 1.82) is 0 Å². The SMILES string of the molecule is COC(=O)c1ccc(CNC(C)CCC(C)C)cc1F. The largest absolute Gasteiger partial charge is 0.465 e. The van der Waals surface area contributed by atoms with Crippen LogP contribution in [0.2, 0.25) is 0 Å². The second-order valence-electron chi connectivity index (χ2n) is 5.56. The fourth-order valence-electron chi connectivity index (χ4n) is 1.92. The summed E-state index contributed by atoms with van der Waals surface area (Å²) in [4.78, 5) is 11.3. The third-order valence-electron chi connectivity index (χ3n) is 3.27. The molecule has 1 unspecified atom stereocenters. The van der Waals surface area contributed by atoms with Crippen molar-refractivity contribution >= 4 is 5.97 Å². The summed E-state index contributed by atoms with van der Waals surface area (Å²) < 4.78 is 18.3. The van der Waals surface area contributed by atoms with Gasteiger partial charge < -0.3 is 10.1 Å². The Morgan fingerprint density at radius 3 is 2.55 bits per heavy atom. The molecule has 0 heterocycles. The van der Waals surface area contributed by atoms with Gasteiger partial charge in [-0.25, -0.2) is 9.18 Å². The number of carbonyl (C=O) groups excluding carboxylic acids is 1. The van der Waals surface area contributed by atoms with E-state index in [0.29, 0.717) is 18.5 Å². The Labute approximate surface area is 120 Å². The third-order valence-corrected chi connectivity index (χ3v) is 3.27. The molecule has 0 radical (unpaired) electrons. The number of nitrogens with one attached hydrogen (secondary N) is 1. The summed E-state index contributed by atoms with van der Waals surface area (Å²) in [7, 11) is 1.24. The number of ether oxygens (including phenoxy) is 1. The van der Waals surface area contributed by atoms with Gasteiger partial charge in [-0.15, -0.1) is 0 Å². The Balaban J connectivity index is 2.53. The highest BCUT2D eigenvalue weighted by atomic mass is 19.1. The first kappa shape index (κ1) is 16.6. The van der Waals surface area contributed by atoms with Crippen LogP contribution >= 0.6 is 0 Å². The van der Waals surface area contributed by atoms with E-state index in [1.165, 1.54) is 25.7 Å². The molecule has 0 saturated heterocycles. The van der Waals surface area contributed by atoms with Crippen molar-refractivity contribution in [2.45, 2.75) is 46.2 Å². The van der Waals surface area contributed by atoms with Crippen LogP contribution in [0.15, 0.2) is 18.2 Å². The number of carbonyl (C=O) groups is 1. The molecule has 1 aromatic rings. The molecule has 0 spiro atoms. The molecule has 112 valence electrons. The molecule has 4 heteroatoms. The predicted molar refractivity (Wildman–Crippen MR) is 78.1 cm³/mol. The van der Waals surface area contributed by atoms with E-state index < -0.39 is 11.8 Å². The zero-order chi connectivity index (χ0) is 15.1. The number of halogens is 1. The first-order valence-corrected chi connectivity index (χ1v) is 7.04. The summed E-state index contributed by atoms with van der Waals surface area (Å²) >= 11 is 0. The Hall–Kier alpha value is -1.42. The minimum absolute atomic E-state index is 0.0240. The zero-order valence-corrected chi connectivity index (χ0v) is 12.7. The molecule has 3 nitrogen and oxygen atoms in total. The highest BCUT2D eigenvalue weighted by molar-refractivity contribution is 5.89. The van der Waals surface area contributed by atoms with Crippen molar-refractivity contribution in [3.63, 3.8) is 0 Å². The average molecular weight is 281 g/mol. The molecule has 0 saturated carbocycles. The average Bonchev–Trinajstić information content (AvgIpc) is 2.42. The van der Waals surface area contributed by atoms with E-state index in [1.54, 1.807) is 6.07 Å². The second kappa shape index (κ2) is 8.00. The van der Waals surface area contributed by atoms with Crippen molar-refractivity contribution in [2.24, 2.45) is 5.92 Å². The Morgan fingerprint density at radius 1 is 1.30 bits per heavy atom. The molecule has 0 aliphatic rings. The quantitative estimate of drug-likeness (QED) is 0.777. The van der Waals surface area contributed by atoms with Crippen LogP contribution < -0.4 is 5.32 Å². The van der Waals surface area contributed by atoms with E-state index >= 15 is 0 Å². The standard InChI is InChI=1S/C16H24FNO2/c1-11(2)5-6-12(3)18-10-13-7-8-14(15(17)9-13)16(19)20-4/h7-9,11-12,18H,5-6,10H2,1-4H3. The van der Waals surface area contributed by atoms with Gasteiger partial charge in [-0.3, -0.25) is 0 Å². The van der Waals surface area contributed by atoms with Crippen molar-refractivity contribution in [2.75, 3.05) is 7.11 Å². The van der Waals surface area contributed by atoms with Gasteiger partial charge in [0.15, 0.2) is 0 Å². The van der Waals surface area contributed by atoms with E-state index in [4.69, 9.17) is 0 Å². The fourth-order valence-corrected chi connectivity index (χ4v) is 1.92. The zero-order valence-electron chi connectivity index (χ0n) is 12.7. The molecule has 0 aliphatic carbocycles. The van der Waals surface area contributed by atoms with Crippen LogP contribution in [-0.2, 0) is 11.3 Å². The molecule has 1 aromatic carbocycles. The Morgan fingerprint density at radius 2 is 2.00 bits per heavy atom. The fraction of sp³-hybridized carbons (Fsp3) is 0.562. The number of methoxy groups -OCH3 is 1. The van der Waals surface area contributed by atoms with Crippen molar-refractivity contribution in [1.82, 2.24) is 5.32 Å². The lowest BCUT2D eigenvalue weighted by atomic mass is 10.0. The minimum Gasteiger partial charge on any atom is -0.465 e. The van der Waals surface area contributed by atoms with Crippen LogP contribution in [0, 0.1) is 11.7 Å². The highest BCUT2D eigenvalue weighted by Gasteiger charge is 2.12. The first-order chi connectivity index (χ1) is 9.43. The molecule has 0 aliphatic heterocycles. The monoisotopic (exact) mass is 281 g/mol. The van der Waals surface area contributed by atoms with Gasteiger partial charge in [-0.2, -0.15) is 0 Å². The van der Waals surface area contributed by atoms with Crippen molar-refractivity contribution in [3.8, 4) is 0 Å². The topological polar surface area (TPSA) is 38.3 Å². The number of esters is 1. The lowest BCUT2D eigenvalue weighted by molar-refractivity contribution is 0.0595. The van der Waals surface area contributed by atoms with E-state index in [0.717, 1.165) is 12.0 Å². The maximum Gasteiger partial charge on any atom is 0.340 e. The first-order valence-electron chi connectivity index (χ1n) is 7.04. The molecule has 1 atom stereocenters. The molecule has 1 rings (SSSR count). The Kier molecular flexibility index (Phi) is 6.65. The lowest BCUT2D eigenvalue weighted by Gasteiger charge is -2.15. The highest BCUT2D eigenvalue weighted by Crippen LogP contribution is 2.12. The van der Waals surface area contributed by atoms with Gasteiger partial charge in [-0.05, 0) is 43.4 Å².